The smallest absolute Gasteiger partial charge is 0.303 e. The second kappa shape index (κ2) is 7.99. The van der Waals surface area contributed by atoms with Crippen molar-refractivity contribution in [2.45, 2.75) is 46.1 Å². The Hall–Kier alpha value is -1.81. The number of nitrogens with zero attached hydrogens (tertiary/aromatic N) is 1. The van der Waals surface area contributed by atoms with Crippen LogP contribution >= 0.6 is 11.6 Å². The van der Waals surface area contributed by atoms with Gasteiger partial charge in [0, 0.05) is 24.8 Å². The highest BCUT2D eigenvalue weighted by Gasteiger charge is 2.13. The number of carbonyl (C=O) groups excluding carboxylic acids is 1. The van der Waals surface area contributed by atoms with Gasteiger partial charge in [0.1, 0.15) is 12.4 Å². The minimum atomic E-state index is -0.298. The van der Waals surface area contributed by atoms with Crippen LogP contribution in [0.4, 0.5) is 0 Å². The van der Waals surface area contributed by atoms with E-state index < -0.39 is 0 Å². The maximum Gasteiger partial charge on any atom is 0.303 e. The maximum atomic E-state index is 11.0. The van der Waals surface area contributed by atoms with Crippen molar-refractivity contribution in [2.24, 2.45) is 0 Å². The maximum absolute atomic E-state index is 11.0. The Labute approximate surface area is 135 Å². The molecule has 0 saturated carbocycles. The van der Waals surface area contributed by atoms with E-state index in [1.54, 1.807) is 0 Å². The second-order valence-corrected chi connectivity index (χ2v) is 5.67. The van der Waals surface area contributed by atoms with Crippen LogP contribution in [0, 0.1) is 0 Å². The molecule has 0 fully saturated rings. The number of hydrogen-bond donors (Lipinski definition) is 1. The van der Waals surface area contributed by atoms with Crippen LogP contribution in [0.3, 0.4) is 0 Å². The predicted molar refractivity (Wildman–Crippen MR) is 86.9 cm³/mol. The van der Waals surface area contributed by atoms with Gasteiger partial charge in [-0.25, -0.2) is 4.98 Å². The van der Waals surface area contributed by atoms with Crippen LogP contribution in [0.25, 0.3) is 0 Å². The Balaban J connectivity index is 2.20. The van der Waals surface area contributed by atoms with Crippen LogP contribution in [-0.2, 0) is 29.0 Å². The summed E-state index contributed by atoms with van der Waals surface area (Å²) in [6.07, 6.45) is 3.71. The Morgan fingerprint density at radius 2 is 2.14 bits per heavy atom. The molecular formula is C17H21ClN2O2. The highest BCUT2D eigenvalue weighted by Crippen LogP contribution is 2.21. The Morgan fingerprint density at radius 3 is 2.82 bits per heavy atom. The van der Waals surface area contributed by atoms with E-state index in [1.165, 1.54) is 6.92 Å². The summed E-state index contributed by atoms with van der Waals surface area (Å²) < 4.78 is 5.11. The van der Waals surface area contributed by atoms with E-state index in [-0.39, 0.29) is 12.6 Å². The lowest BCUT2D eigenvalue weighted by Crippen LogP contribution is -2.02. The number of ether oxygens (including phenoxy) is 1. The van der Waals surface area contributed by atoms with Gasteiger partial charge < -0.3 is 9.72 Å². The van der Waals surface area contributed by atoms with Crippen molar-refractivity contribution in [3.05, 3.63) is 52.1 Å². The van der Waals surface area contributed by atoms with Gasteiger partial charge in [0.05, 0.1) is 11.4 Å². The number of esters is 1. The minimum Gasteiger partial charge on any atom is -0.459 e. The van der Waals surface area contributed by atoms with Crippen molar-refractivity contribution >= 4 is 17.6 Å². The molecule has 1 aromatic heterocycles. The first-order valence-electron chi connectivity index (χ1n) is 7.53. The average molecular weight is 321 g/mol. The van der Waals surface area contributed by atoms with E-state index in [2.05, 4.69) is 16.9 Å². The van der Waals surface area contributed by atoms with Crippen molar-refractivity contribution < 1.29 is 9.53 Å². The van der Waals surface area contributed by atoms with Crippen LogP contribution in [-0.4, -0.2) is 15.9 Å². The molecule has 0 aliphatic rings. The van der Waals surface area contributed by atoms with Crippen molar-refractivity contribution in [3.8, 4) is 0 Å². The average Bonchev–Trinajstić information content (AvgIpc) is 2.87. The quantitative estimate of drug-likeness (QED) is 0.783. The van der Waals surface area contributed by atoms with E-state index >= 15 is 0 Å². The van der Waals surface area contributed by atoms with Gasteiger partial charge in [-0.15, -0.1) is 0 Å². The number of benzene rings is 1. The molecule has 1 N–H and O–H groups in total. The van der Waals surface area contributed by atoms with Gasteiger partial charge in [-0.2, -0.15) is 0 Å². The van der Waals surface area contributed by atoms with Gasteiger partial charge in [-0.1, -0.05) is 43.1 Å². The number of unbranched alkanes of at least 4 members (excludes halogenated alkanes) is 1. The molecule has 22 heavy (non-hydrogen) atoms. The van der Waals surface area contributed by atoms with Crippen molar-refractivity contribution in [1.82, 2.24) is 9.97 Å². The monoisotopic (exact) mass is 320 g/mol. The highest BCUT2D eigenvalue weighted by molar-refractivity contribution is 6.31. The molecule has 1 heterocycles. The molecule has 5 heteroatoms. The summed E-state index contributed by atoms with van der Waals surface area (Å²) in [5, 5.41) is 0.721. The zero-order valence-electron chi connectivity index (χ0n) is 13.0. The number of rotatable bonds is 7. The summed E-state index contributed by atoms with van der Waals surface area (Å²) in [5.41, 5.74) is 2.75. The van der Waals surface area contributed by atoms with E-state index in [4.69, 9.17) is 16.3 Å². The summed E-state index contributed by atoms with van der Waals surface area (Å²) in [6, 6.07) is 7.71. The topological polar surface area (TPSA) is 55.0 Å². The zero-order chi connectivity index (χ0) is 15.9. The third-order valence-corrected chi connectivity index (χ3v) is 3.78. The van der Waals surface area contributed by atoms with E-state index in [0.717, 1.165) is 47.1 Å². The van der Waals surface area contributed by atoms with Crippen LogP contribution in [0.2, 0.25) is 5.02 Å². The number of imidazole rings is 1. The van der Waals surface area contributed by atoms with E-state index in [9.17, 15) is 4.79 Å². The zero-order valence-corrected chi connectivity index (χ0v) is 13.7. The predicted octanol–water partition coefficient (Wildman–Crippen LogP) is 4.06. The molecule has 0 amide bonds. The number of H-pyrrole nitrogens is 1. The molecule has 2 aromatic rings. The molecule has 0 aliphatic heterocycles. The van der Waals surface area contributed by atoms with Crippen LogP contribution in [0.15, 0.2) is 24.3 Å². The highest BCUT2D eigenvalue weighted by atomic mass is 35.5. The number of aromatic nitrogens is 2. The molecule has 118 valence electrons. The number of halogens is 1. The molecule has 0 atom stereocenters. The standard InChI is InChI=1S/C17H21ClN2O2/c1-3-4-9-17-19-15(16(20-17)11-22-12(2)21)10-13-7-5-6-8-14(13)18/h5-8H,3-4,9-11H2,1-2H3,(H,19,20). The first-order chi connectivity index (χ1) is 10.6. The van der Waals surface area contributed by atoms with Gasteiger partial charge >= 0.3 is 5.97 Å². The Morgan fingerprint density at radius 1 is 1.36 bits per heavy atom. The number of carbonyl (C=O) groups is 1. The minimum absolute atomic E-state index is 0.217. The number of nitrogens with one attached hydrogen (secondary N) is 1. The third kappa shape index (κ3) is 4.60. The lowest BCUT2D eigenvalue weighted by atomic mass is 10.1. The fraction of sp³-hybridized carbons (Fsp3) is 0.412. The van der Waals surface area contributed by atoms with Gasteiger partial charge in [0.15, 0.2) is 0 Å². The molecular weight excluding hydrogens is 300 g/mol. The van der Waals surface area contributed by atoms with Crippen LogP contribution < -0.4 is 0 Å². The Bertz CT molecular complexity index is 637. The molecule has 0 bridgehead atoms. The molecule has 0 unspecified atom stereocenters. The first-order valence-corrected chi connectivity index (χ1v) is 7.91. The first kappa shape index (κ1) is 16.6. The van der Waals surface area contributed by atoms with Gasteiger partial charge in [0.2, 0.25) is 0 Å². The summed E-state index contributed by atoms with van der Waals surface area (Å²) in [7, 11) is 0. The summed E-state index contributed by atoms with van der Waals surface area (Å²) in [6.45, 7) is 3.77. The third-order valence-electron chi connectivity index (χ3n) is 3.42. The summed E-state index contributed by atoms with van der Waals surface area (Å²) in [5.74, 6) is 0.638. The second-order valence-electron chi connectivity index (χ2n) is 5.26. The number of hydrogen-bond acceptors (Lipinski definition) is 3. The van der Waals surface area contributed by atoms with Gasteiger partial charge in [-0.3, -0.25) is 4.79 Å². The van der Waals surface area contributed by atoms with Gasteiger partial charge in [0.25, 0.3) is 0 Å². The largest absolute Gasteiger partial charge is 0.459 e. The molecule has 0 spiro atoms. The molecule has 4 nitrogen and oxygen atoms in total. The fourth-order valence-corrected chi connectivity index (χ4v) is 2.43. The number of aromatic amines is 1. The summed E-state index contributed by atoms with van der Waals surface area (Å²) >= 11 is 6.22. The lowest BCUT2D eigenvalue weighted by Gasteiger charge is -2.05. The SMILES string of the molecule is CCCCc1nc(Cc2ccccc2Cl)c(COC(C)=O)[nH]1. The Kier molecular flexibility index (Phi) is 6.01. The van der Waals surface area contributed by atoms with Crippen molar-refractivity contribution in [2.75, 3.05) is 0 Å². The van der Waals surface area contributed by atoms with E-state index in [0.29, 0.717) is 6.42 Å². The number of aryl methyl sites for hydroxylation is 1. The fourth-order valence-electron chi connectivity index (χ4n) is 2.23. The van der Waals surface area contributed by atoms with Crippen molar-refractivity contribution in [1.29, 1.82) is 0 Å². The van der Waals surface area contributed by atoms with E-state index in [1.807, 2.05) is 24.3 Å². The van der Waals surface area contributed by atoms with Crippen LogP contribution in [0.5, 0.6) is 0 Å². The molecule has 2 rings (SSSR count). The van der Waals surface area contributed by atoms with Crippen molar-refractivity contribution in [3.63, 3.8) is 0 Å². The van der Waals surface area contributed by atoms with Gasteiger partial charge in [-0.05, 0) is 18.1 Å². The molecule has 0 saturated heterocycles. The lowest BCUT2D eigenvalue weighted by molar-refractivity contribution is -0.142. The molecule has 0 aliphatic carbocycles. The van der Waals surface area contributed by atoms with Crippen LogP contribution in [0.1, 0.15) is 49.5 Å². The normalized spacial score (nSPS) is 10.7. The summed E-state index contributed by atoms with van der Waals surface area (Å²) in [4.78, 5) is 19.0. The molecule has 1 aromatic carbocycles. The molecule has 0 radical (unpaired) electrons.